The Morgan fingerprint density at radius 2 is 2.00 bits per heavy atom. The van der Waals surface area contributed by atoms with Crippen LogP contribution in [0.3, 0.4) is 0 Å². The molecule has 0 radical (unpaired) electrons. The highest BCUT2D eigenvalue weighted by Gasteiger charge is 2.38. The molecule has 2 bridgehead atoms. The van der Waals surface area contributed by atoms with E-state index in [4.69, 9.17) is 5.73 Å². The van der Waals surface area contributed by atoms with Gasteiger partial charge in [0, 0.05) is 18.6 Å². The quantitative estimate of drug-likeness (QED) is 0.875. The SMILES string of the molecule is Cc1nc(NCC2CC3CCC(C2)N3C)ccc1N. The fourth-order valence-electron chi connectivity index (χ4n) is 3.61. The number of hydrogen-bond donors (Lipinski definition) is 2. The Hall–Kier alpha value is -1.29. The third-order valence-electron chi connectivity index (χ3n) is 4.89. The van der Waals surface area contributed by atoms with Gasteiger partial charge in [-0.25, -0.2) is 4.98 Å². The number of aromatic nitrogens is 1. The van der Waals surface area contributed by atoms with E-state index in [1.54, 1.807) is 0 Å². The van der Waals surface area contributed by atoms with Crippen molar-refractivity contribution in [2.45, 2.75) is 44.7 Å². The molecule has 19 heavy (non-hydrogen) atoms. The van der Waals surface area contributed by atoms with Crippen LogP contribution in [0.2, 0.25) is 0 Å². The van der Waals surface area contributed by atoms with E-state index >= 15 is 0 Å². The van der Waals surface area contributed by atoms with Crippen LogP contribution < -0.4 is 11.1 Å². The van der Waals surface area contributed by atoms with Gasteiger partial charge in [-0.1, -0.05) is 0 Å². The zero-order valence-electron chi connectivity index (χ0n) is 11.9. The molecule has 3 rings (SSSR count). The summed E-state index contributed by atoms with van der Waals surface area (Å²) in [6, 6.07) is 5.54. The molecule has 3 heterocycles. The number of nitrogens with one attached hydrogen (secondary N) is 1. The number of nitrogens with two attached hydrogens (primary N) is 1. The van der Waals surface area contributed by atoms with E-state index in [0.717, 1.165) is 41.7 Å². The van der Waals surface area contributed by atoms with Crippen molar-refractivity contribution in [2.75, 3.05) is 24.6 Å². The number of piperidine rings is 1. The van der Waals surface area contributed by atoms with E-state index in [0.29, 0.717) is 0 Å². The Kier molecular flexibility index (Phi) is 3.35. The molecule has 4 heteroatoms. The number of aryl methyl sites for hydroxylation is 1. The lowest BCUT2D eigenvalue weighted by molar-refractivity contribution is 0.139. The summed E-state index contributed by atoms with van der Waals surface area (Å²) in [5.41, 5.74) is 7.47. The lowest BCUT2D eigenvalue weighted by Crippen LogP contribution is -2.41. The highest BCUT2D eigenvalue weighted by Crippen LogP contribution is 2.37. The third kappa shape index (κ3) is 2.54. The van der Waals surface area contributed by atoms with E-state index < -0.39 is 0 Å². The van der Waals surface area contributed by atoms with E-state index in [2.05, 4.69) is 22.2 Å². The van der Waals surface area contributed by atoms with Gasteiger partial charge in [-0.3, -0.25) is 0 Å². The van der Waals surface area contributed by atoms with Crippen molar-refractivity contribution >= 4 is 11.5 Å². The second kappa shape index (κ2) is 5.00. The summed E-state index contributed by atoms with van der Waals surface area (Å²) < 4.78 is 0. The van der Waals surface area contributed by atoms with Crippen LogP contribution in [0, 0.1) is 12.8 Å². The second-order valence-electron chi connectivity index (χ2n) is 6.14. The Labute approximate surface area is 115 Å². The molecule has 104 valence electrons. The number of pyridine rings is 1. The minimum absolute atomic E-state index is 0.767. The van der Waals surface area contributed by atoms with Gasteiger partial charge in [0.15, 0.2) is 0 Å². The van der Waals surface area contributed by atoms with Crippen LogP contribution in [-0.4, -0.2) is 35.6 Å². The maximum atomic E-state index is 5.79. The van der Waals surface area contributed by atoms with Gasteiger partial charge in [0.25, 0.3) is 0 Å². The Balaban J connectivity index is 1.57. The van der Waals surface area contributed by atoms with E-state index in [9.17, 15) is 0 Å². The van der Waals surface area contributed by atoms with Crippen molar-refractivity contribution in [3.8, 4) is 0 Å². The van der Waals surface area contributed by atoms with Crippen molar-refractivity contribution in [1.82, 2.24) is 9.88 Å². The topological polar surface area (TPSA) is 54.2 Å². The molecule has 1 aromatic heterocycles. The van der Waals surface area contributed by atoms with Gasteiger partial charge in [0.05, 0.1) is 11.4 Å². The molecule has 2 aliphatic heterocycles. The number of anilines is 2. The molecule has 2 atom stereocenters. The number of rotatable bonds is 3. The summed E-state index contributed by atoms with van der Waals surface area (Å²) in [6.07, 6.45) is 5.43. The van der Waals surface area contributed by atoms with Crippen LogP contribution >= 0.6 is 0 Å². The maximum Gasteiger partial charge on any atom is 0.126 e. The number of hydrogen-bond acceptors (Lipinski definition) is 4. The van der Waals surface area contributed by atoms with Crippen molar-refractivity contribution in [2.24, 2.45) is 5.92 Å². The predicted molar refractivity (Wildman–Crippen MR) is 79.2 cm³/mol. The fourth-order valence-corrected chi connectivity index (χ4v) is 3.61. The molecular weight excluding hydrogens is 236 g/mol. The van der Waals surface area contributed by atoms with E-state index in [1.165, 1.54) is 25.7 Å². The molecule has 0 aromatic carbocycles. The zero-order chi connectivity index (χ0) is 13.4. The highest BCUT2D eigenvalue weighted by molar-refractivity contribution is 5.49. The molecular formula is C15H24N4. The van der Waals surface area contributed by atoms with Gasteiger partial charge >= 0.3 is 0 Å². The number of fused-ring (bicyclic) bond motifs is 2. The summed E-state index contributed by atoms with van der Waals surface area (Å²) in [5, 5.41) is 3.48. The summed E-state index contributed by atoms with van der Waals surface area (Å²) in [7, 11) is 2.29. The molecule has 0 amide bonds. The van der Waals surface area contributed by atoms with Crippen molar-refractivity contribution < 1.29 is 0 Å². The molecule has 0 saturated carbocycles. The first-order chi connectivity index (χ1) is 9.13. The summed E-state index contributed by atoms with van der Waals surface area (Å²) in [6.45, 7) is 2.99. The molecule has 0 aliphatic carbocycles. The highest BCUT2D eigenvalue weighted by atomic mass is 15.2. The van der Waals surface area contributed by atoms with Crippen LogP contribution in [0.1, 0.15) is 31.4 Å². The molecule has 4 nitrogen and oxygen atoms in total. The van der Waals surface area contributed by atoms with Crippen molar-refractivity contribution in [3.05, 3.63) is 17.8 Å². The lowest BCUT2D eigenvalue weighted by Gasteiger charge is -2.36. The van der Waals surface area contributed by atoms with Crippen molar-refractivity contribution in [1.29, 1.82) is 0 Å². The minimum atomic E-state index is 0.767. The smallest absolute Gasteiger partial charge is 0.126 e. The summed E-state index contributed by atoms with van der Waals surface area (Å²) >= 11 is 0. The molecule has 3 N–H and O–H groups in total. The second-order valence-corrected chi connectivity index (χ2v) is 6.14. The van der Waals surface area contributed by atoms with Crippen LogP contribution in [0.5, 0.6) is 0 Å². The van der Waals surface area contributed by atoms with Gasteiger partial charge < -0.3 is 16.0 Å². The standard InChI is InChI=1S/C15H24N4/c1-10-14(16)5-6-15(18-10)17-9-11-7-12-3-4-13(8-11)19(12)2/h5-6,11-13H,3-4,7-9,16H2,1-2H3,(H,17,18). The molecule has 2 aliphatic rings. The first-order valence-corrected chi connectivity index (χ1v) is 7.32. The van der Waals surface area contributed by atoms with E-state index in [-0.39, 0.29) is 0 Å². The Morgan fingerprint density at radius 3 is 2.63 bits per heavy atom. The Morgan fingerprint density at radius 1 is 1.32 bits per heavy atom. The number of nitrogens with zero attached hydrogens (tertiary/aromatic N) is 2. The van der Waals surface area contributed by atoms with Crippen LogP contribution in [-0.2, 0) is 0 Å². The number of nitrogen functional groups attached to an aromatic ring is 1. The monoisotopic (exact) mass is 260 g/mol. The average Bonchev–Trinajstić information content (AvgIpc) is 2.64. The Bertz CT molecular complexity index is 445. The normalized spacial score (nSPS) is 30.5. The van der Waals surface area contributed by atoms with Crippen LogP contribution in [0.25, 0.3) is 0 Å². The first-order valence-electron chi connectivity index (χ1n) is 7.32. The zero-order valence-corrected chi connectivity index (χ0v) is 11.9. The lowest BCUT2D eigenvalue weighted by atomic mass is 9.91. The largest absolute Gasteiger partial charge is 0.397 e. The molecule has 2 fully saturated rings. The summed E-state index contributed by atoms with van der Waals surface area (Å²) in [5.74, 6) is 1.74. The fraction of sp³-hybridized carbons (Fsp3) is 0.667. The van der Waals surface area contributed by atoms with Crippen LogP contribution in [0.15, 0.2) is 12.1 Å². The molecule has 2 unspecified atom stereocenters. The predicted octanol–water partition coefficient (Wildman–Crippen LogP) is 2.26. The van der Waals surface area contributed by atoms with Gasteiger partial charge in [0.2, 0.25) is 0 Å². The molecule has 1 aromatic rings. The summed E-state index contributed by atoms with van der Waals surface area (Å²) in [4.78, 5) is 7.06. The van der Waals surface area contributed by atoms with Crippen LogP contribution in [0.4, 0.5) is 11.5 Å². The van der Waals surface area contributed by atoms with E-state index in [1.807, 2.05) is 19.1 Å². The van der Waals surface area contributed by atoms with Gasteiger partial charge in [-0.2, -0.15) is 0 Å². The minimum Gasteiger partial charge on any atom is -0.397 e. The maximum absolute atomic E-state index is 5.79. The first kappa shape index (κ1) is 12.7. The molecule has 2 saturated heterocycles. The van der Waals surface area contributed by atoms with Gasteiger partial charge in [-0.15, -0.1) is 0 Å². The molecule has 0 spiro atoms. The average molecular weight is 260 g/mol. The van der Waals surface area contributed by atoms with Gasteiger partial charge in [0.1, 0.15) is 5.82 Å². The van der Waals surface area contributed by atoms with Gasteiger partial charge in [-0.05, 0) is 57.7 Å². The van der Waals surface area contributed by atoms with Crippen molar-refractivity contribution in [3.63, 3.8) is 0 Å². The third-order valence-corrected chi connectivity index (χ3v) is 4.89.